The summed E-state index contributed by atoms with van der Waals surface area (Å²) in [5, 5.41) is 10.7. The van der Waals surface area contributed by atoms with Gasteiger partial charge in [-0.1, -0.05) is 54.6 Å². The number of carboxylic acid groups (broad SMARTS) is 1. The van der Waals surface area contributed by atoms with E-state index < -0.39 is 5.97 Å². The predicted molar refractivity (Wildman–Crippen MR) is 124 cm³/mol. The maximum absolute atomic E-state index is 10.4. The number of hydrogen-bond acceptors (Lipinski definition) is 4. The molecular formula is C26H24N2O3. The molecule has 5 heteroatoms. The van der Waals surface area contributed by atoms with Gasteiger partial charge in [-0.05, 0) is 49.6 Å². The van der Waals surface area contributed by atoms with Gasteiger partial charge in [0.05, 0.1) is 16.7 Å². The second kappa shape index (κ2) is 11.4. The molecule has 0 aliphatic rings. The molecule has 0 radical (unpaired) electrons. The van der Waals surface area contributed by atoms with E-state index >= 15 is 0 Å². The van der Waals surface area contributed by atoms with Crippen LogP contribution in [0.4, 0.5) is 0 Å². The van der Waals surface area contributed by atoms with Crippen LogP contribution in [0.15, 0.2) is 78.9 Å². The van der Waals surface area contributed by atoms with Crippen molar-refractivity contribution in [3.63, 3.8) is 0 Å². The highest BCUT2D eigenvalue weighted by Gasteiger charge is 1.96. The van der Waals surface area contributed by atoms with E-state index in [1.165, 1.54) is 0 Å². The van der Waals surface area contributed by atoms with Gasteiger partial charge in [0.25, 0.3) is 0 Å². The van der Waals surface area contributed by atoms with E-state index in [1.54, 1.807) is 6.07 Å². The number of nitrogens with zero attached hydrogens (tertiary/aromatic N) is 2. The number of allylic oxidation sites excluding steroid dienone is 1. The van der Waals surface area contributed by atoms with Crippen molar-refractivity contribution in [2.24, 2.45) is 0 Å². The van der Waals surface area contributed by atoms with Crippen LogP contribution in [0.3, 0.4) is 0 Å². The summed E-state index contributed by atoms with van der Waals surface area (Å²) in [6.45, 7) is 0. The molecule has 2 aromatic heterocycles. The summed E-state index contributed by atoms with van der Waals surface area (Å²) in [4.78, 5) is 29.4. The molecule has 0 saturated heterocycles. The second-order valence-corrected chi connectivity index (χ2v) is 7.02. The summed E-state index contributed by atoms with van der Waals surface area (Å²) in [5.74, 6) is -0.722. The molecule has 0 aliphatic carbocycles. The first-order chi connectivity index (χ1) is 15.2. The topological polar surface area (TPSA) is 80.1 Å². The second-order valence-electron chi connectivity index (χ2n) is 7.02. The number of hydrogen-bond donors (Lipinski definition) is 1. The highest BCUT2D eigenvalue weighted by molar-refractivity contribution is 5.83. The zero-order valence-corrected chi connectivity index (χ0v) is 17.1. The third-order valence-electron chi connectivity index (χ3n) is 4.66. The fourth-order valence-electron chi connectivity index (χ4n) is 3.06. The smallest absolute Gasteiger partial charge is 0.303 e. The molecule has 0 atom stereocenters. The third-order valence-corrected chi connectivity index (χ3v) is 4.66. The number of fused-ring (bicyclic) bond motifs is 2. The number of benzene rings is 2. The summed E-state index contributed by atoms with van der Waals surface area (Å²) in [5.41, 5.74) is 3.28. The van der Waals surface area contributed by atoms with Gasteiger partial charge in [0, 0.05) is 17.2 Å². The molecule has 5 nitrogen and oxygen atoms in total. The molecule has 0 fully saturated rings. The summed E-state index contributed by atoms with van der Waals surface area (Å²) >= 11 is 0. The summed E-state index contributed by atoms with van der Waals surface area (Å²) in [6.07, 6.45) is 7.57. The third kappa shape index (κ3) is 6.85. The molecule has 156 valence electrons. The van der Waals surface area contributed by atoms with E-state index in [9.17, 15) is 9.59 Å². The number of pyridine rings is 2. The fraction of sp³-hybridized carbons (Fsp3) is 0.154. The first-order valence-electron chi connectivity index (χ1n) is 10.2. The molecule has 0 spiro atoms. The van der Waals surface area contributed by atoms with Gasteiger partial charge in [-0.15, -0.1) is 0 Å². The zero-order valence-electron chi connectivity index (χ0n) is 17.1. The molecule has 4 aromatic rings. The molecule has 31 heavy (non-hydrogen) atoms. The lowest BCUT2D eigenvalue weighted by Crippen LogP contribution is -1.92. The fourth-order valence-corrected chi connectivity index (χ4v) is 3.06. The number of rotatable bonds is 7. The Bertz CT molecular complexity index is 1200. The Labute approximate surface area is 181 Å². The Kier molecular flexibility index (Phi) is 8.00. The number of carbonyl (C=O) groups excluding carboxylic acids is 1. The minimum absolute atomic E-state index is 0.252. The number of carboxylic acids is 1. The largest absolute Gasteiger partial charge is 0.481 e. The quantitative estimate of drug-likeness (QED) is 0.300. The van der Waals surface area contributed by atoms with Crippen molar-refractivity contribution in [1.29, 1.82) is 0 Å². The Morgan fingerprint density at radius 2 is 1.35 bits per heavy atom. The Balaban J connectivity index is 0.000000194. The van der Waals surface area contributed by atoms with Gasteiger partial charge >= 0.3 is 5.97 Å². The number of carbonyl (C=O) groups is 2. The lowest BCUT2D eigenvalue weighted by atomic mass is 10.1. The van der Waals surface area contributed by atoms with Gasteiger partial charge in [-0.3, -0.25) is 9.59 Å². The maximum atomic E-state index is 10.4. The zero-order chi connectivity index (χ0) is 21.9. The van der Waals surface area contributed by atoms with Crippen molar-refractivity contribution in [1.82, 2.24) is 9.97 Å². The SMILES string of the molecule is O=C(O)CCCCC=Cc1ccc2ccccc2n1.O=Cc1ccc2ccccc2n1. The van der Waals surface area contributed by atoms with Gasteiger partial charge in [0.15, 0.2) is 6.29 Å². The molecule has 0 aliphatic heterocycles. The number of aromatic nitrogens is 2. The molecular weight excluding hydrogens is 388 g/mol. The van der Waals surface area contributed by atoms with Gasteiger partial charge in [-0.2, -0.15) is 0 Å². The molecule has 4 rings (SSSR count). The normalized spacial score (nSPS) is 10.7. The van der Waals surface area contributed by atoms with Crippen LogP contribution in [0.2, 0.25) is 0 Å². The van der Waals surface area contributed by atoms with Crippen molar-refractivity contribution in [3.8, 4) is 0 Å². The lowest BCUT2D eigenvalue weighted by Gasteiger charge is -1.98. The van der Waals surface area contributed by atoms with E-state index in [0.717, 1.165) is 53.0 Å². The van der Waals surface area contributed by atoms with Gasteiger partial charge < -0.3 is 5.11 Å². The first kappa shape index (κ1) is 21.8. The van der Waals surface area contributed by atoms with Gasteiger partial charge in [0.1, 0.15) is 5.69 Å². The number of aliphatic carboxylic acids is 1. The first-order valence-corrected chi connectivity index (χ1v) is 10.2. The molecule has 2 heterocycles. The van der Waals surface area contributed by atoms with Crippen LogP contribution in [0.1, 0.15) is 41.9 Å². The average molecular weight is 412 g/mol. The number of unbranched alkanes of at least 4 members (excludes halogenated alkanes) is 2. The van der Waals surface area contributed by atoms with Crippen molar-refractivity contribution in [3.05, 3.63) is 90.3 Å². The Morgan fingerprint density at radius 1 is 0.774 bits per heavy atom. The summed E-state index contributed by atoms with van der Waals surface area (Å²) in [6, 6.07) is 23.4. The number of para-hydroxylation sites is 2. The van der Waals surface area contributed by atoms with Crippen LogP contribution in [0, 0.1) is 0 Å². The van der Waals surface area contributed by atoms with Crippen LogP contribution >= 0.6 is 0 Å². The molecule has 2 aromatic carbocycles. The number of aldehydes is 1. The monoisotopic (exact) mass is 412 g/mol. The lowest BCUT2D eigenvalue weighted by molar-refractivity contribution is -0.137. The van der Waals surface area contributed by atoms with Crippen molar-refractivity contribution in [2.45, 2.75) is 25.7 Å². The van der Waals surface area contributed by atoms with Crippen molar-refractivity contribution < 1.29 is 14.7 Å². The molecule has 0 bridgehead atoms. The Morgan fingerprint density at radius 3 is 1.97 bits per heavy atom. The van der Waals surface area contributed by atoms with E-state index in [2.05, 4.69) is 22.1 Å². The molecule has 0 unspecified atom stereocenters. The standard InChI is InChI=1S/C16H17NO2.C10H7NO/c18-16(19)10-4-2-1-3-8-14-12-11-13-7-5-6-9-15(13)17-14;12-7-9-6-5-8-3-1-2-4-10(8)11-9/h3,5-9,11-12H,1-2,4,10H2,(H,18,19);1-7H. The van der Waals surface area contributed by atoms with Crippen LogP contribution in [0.25, 0.3) is 27.9 Å². The predicted octanol–water partition coefficient (Wildman–Crippen LogP) is 5.94. The minimum Gasteiger partial charge on any atom is -0.481 e. The van der Waals surface area contributed by atoms with E-state index in [4.69, 9.17) is 5.11 Å². The van der Waals surface area contributed by atoms with Crippen LogP contribution in [-0.4, -0.2) is 27.3 Å². The summed E-state index contributed by atoms with van der Waals surface area (Å²) in [7, 11) is 0. The maximum Gasteiger partial charge on any atom is 0.303 e. The van der Waals surface area contributed by atoms with Crippen molar-refractivity contribution >= 4 is 40.1 Å². The average Bonchev–Trinajstić information content (AvgIpc) is 2.81. The summed E-state index contributed by atoms with van der Waals surface area (Å²) < 4.78 is 0. The molecule has 0 saturated carbocycles. The van der Waals surface area contributed by atoms with Crippen molar-refractivity contribution in [2.75, 3.05) is 0 Å². The van der Waals surface area contributed by atoms with Gasteiger partial charge in [-0.25, -0.2) is 9.97 Å². The van der Waals surface area contributed by atoms with Crippen LogP contribution in [0.5, 0.6) is 0 Å². The van der Waals surface area contributed by atoms with Crippen LogP contribution < -0.4 is 0 Å². The van der Waals surface area contributed by atoms with Gasteiger partial charge in [0.2, 0.25) is 0 Å². The highest BCUT2D eigenvalue weighted by Crippen LogP contribution is 2.13. The molecule has 0 amide bonds. The Hall–Kier alpha value is -3.86. The van der Waals surface area contributed by atoms with Crippen LogP contribution in [-0.2, 0) is 4.79 Å². The highest BCUT2D eigenvalue weighted by atomic mass is 16.4. The van der Waals surface area contributed by atoms with E-state index in [1.807, 2.05) is 66.7 Å². The molecule has 1 N–H and O–H groups in total. The van der Waals surface area contributed by atoms with E-state index in [0.29, 0.717) is 5.69 Å². The van der Waals surface area contributed by atoms with E-state index in [-0.39, 0.29) is 6.42 Å². The minimum atomic E-state index is -0.722.